The summed E-state index contributed by atoms with van der Waals surface area (Å²) in [5.41, 5.74) is 8.04. The summed E-state index contributed by atoms with van der Waals surface area (Å²) in [6.07, 6.45) is 0.746. The van der Waals surface area contributed by atoms with Crippen molar-refractivity contribution in [3.8, 4) is 0 Å². The number of rotatable bonds is 4. The number of primary amides is 1. The first-order valence-electron chi connectivity index (χ1n) is 9.01. The van der Waals surface area contributed by atoms with Crippen molar-refractivity contribution in [3.05, 3.63) is 29.3 Å². The Morgan fingerprint density at radius 1 is 1.08 bits per heavy atom. The zero-order chi connectivity index (χ0) is 18.6. The van der Waals surface area contributed by atoms with Crippen LogP contribution in [0.3, 0.4) is 0 Å². The highest BCUT2D eigenvalue weighted by Crippen LogP contribution is 2.23. The third kappa shape index (κ3) is 4.65. The Kier molecular flexibility index (Phi) is 6.28. The molecule has 1 aromatic rings. The molecule has 1 unspecified atom stereocenters. The minimum atomic E-state index is -0.417. The van der Waals surface area contributed by atoms with Gasteiger partial charge in [-0.25, -0.2) is 4.79 Å². The van der Waals surface area contributed by atoms with Crippen LogP contribution in [0, 0.1) is 12.8 Å². The summed E-state index contributed by atoms with van der Waals surface area (Å²) < 4.78 is 0. The quantitative estimate of drug-likeness (QED) is 0.880. The van der Waals surface area contributed by atoms with E-state index in [0.29, 0.717) is 43.7 Å². The second-order valence-corrected chi connectivity index (χ2v) is 7.13. The summed E-state index contributed by atoms with van der Waals surface area (Å²) in [4.78, 5) is 27.8. The van der Waals surface area contributed by atoms with Gasteiger partial charge in [0.2, 0.25) is 0 Å². The molecule has 1 aromatic carbocycles. The topological polar surface area (TPSA) is 78.7 Å². The van der Waals surface area contributed by atoms with Crippen molar-refractivity contribution in [1.29, 1.82) is 0 Å². The number of nitrogens with zero attached hydrogens (tertiary/aromatic N) is 2. The second kappa shape index (κ2) is 8.23. The van der Waals surface area contributed by atoms with E-state index in [1.807, 2.05) is 30.0 Å². The van der Waals surface area contributed by atoms with E-state index >= 15 is 0 Å². The van der Waals surface area contributed by atoms with Gasteiger partial charge in [0.25, 0.3) is 5.91 Å². The van der Waals surface area contributed by atoms with Gasteiger partial charge in [0.1, 0.15) is 0 Å². The summed E-state index contributed by atoms with van der Waals surface area (Å²) in [6, 6.07) is 5.72. The van der Waals surface area contributed by atoms with E-state index in [0.717, 1.165) is 17.7 Å². The van der Waals surface area contributed by atoms with Crippen LogP contribution in [0.5, 0.6) is 0 Å². The van der Waals surface area contributed by atoms with Gasteiger partial charge in [-0.3, -0.25) is 4.79 Å². The van der Waals surface area contributed by atoms with Gasteiger partial charge in [0.05, 0.1) is 0 Å². The number of hydrogen-bond acceptors (Lipinski definition) is 3. The Hall–Kier alpha value is -2.24. The number of nitrogens with two attached hydrogens (primary N) is 1. The number of hydrogen-bond donors (Lipinski definition) is 2. The van der Waals surface area contributed by atoms with Crippen molar-refractivity contribution in [2.45, 2.75) is 40.2 Å². The lowest BCUT2D eigenvalue weighted by atomic mass is 10.0. The summed E-state index contributed by atoms with van der Waals surface area (Å²) in [5.74, 6) is 0.522. The predicted octanol–water partition coefficient (Wildman–Crippen LogP) is 2.68. The van der Waals surface area contributed by atoms with Gasteiger partial charge in [0, 0.05) is 43.5 Å². The molecule has 138 valence electrons. The van der Waals surface area contributed by atoms with Crippen LogP contribution in [0.4, 0.5) is 10.5 Å². The van der Waals surface area contributed by atoms with Crippen molar-refractivity contribution in [2.24, 2.45) is 11.7 Å². The normalized spacial score (nSPS) is 16.5. The van der Waals surface area contributed by atoms with Crippen LogP contribution in [-0.2, 0) is 0 Å². The van der Waals surface area contributed by atoms with Crippen LogP contribution >= 0.6 is 0 Å². The number of nitrogens with one attached hydrogen (secondary N) is 1. The van der Waals surface area contributed by atoms with Crippen molar-refractivity contribution in [1.82, 2.24) is 9.80 Å². The molecular formula is C19H30N4O2. The maximum absolute atomic E-state index is 13.0. The molecule has 1 saturated heterocycles. The maximum atomic E-state index is 13.0. The number of anilines is 1. The largest absolute Gasteiger partial charge is 0.382 e. The number of benzene rings is 1. The molecule has 1 fully saturated rings. The van der Waals surface area contributed by atoms with Crippen LogP contribution in [0.1, 0.15) is 43.1 Å². The molecule has 3 N–H and O–H groups in total. The summed E-state index contributed by atoms with van der Waals surface area (Å²) in [7, 11) is 0. The van der Waals surface area contributed by atoms with E-state index in [9.17, 15) is 9.59 Å². The standard InChI is InChI=1S/C19H30N4O2/c1-13(2)15(4)21-17-8-5-7-16(14(17)3)18(24)22-9-6-10-23(12-11-22)19(20)25/h5,7-8,13,15,21H,6,9-12H2,1-4H3,(H2,20,25). The molecule has 0 aromatic heterocycles. The zero-order valence-electron chi connectivity index (χ0n) is 15.7. The molecule has 6 heteroatoms. The summed E-state index contributed by atoms with van der Waals surface area (Å²) in [6.45, 7) is 10.7. The molecular weight excluding hydrogens is 316 g/mol. The molecule has 0 saturated carbocycles. The first kappa shape index (κ1) is 19.1. The molecule has 1 aliphatic heterocycles. The second-order valence-electron chi connectivity index (χ2n) is 7.13. The number of carbonyl (C=O) groups excluding carboxylic acids is 2. The van der Waals surface area contributed by atoms with Crippen molar-refractivity contribution in [2.75, 3.05) is 31.5 Å². The number of urea groups is 1. The zero-order valence-corrected chi connectivity index (χ0v) is 15.7. The number of amides is 3. The highest BCUT2D eigenvalue weighted by Gasteiger charge is 2.23. The van der Waals surface area contributed by atoms with Crippen LogP contribution in [0.2, 0.25) is 0 Å². The van der Waals surface area contributed by atoms with Gasteiger partial charge in [-0.1, -0.05) is 19.9 Å². The first-order chi connectivity index (χ1) is 11.8. The first-order valence-corrected chi connectivity index (χ1v) is 9.01. The average Bonchev–Trinajstić information content (AvgIpc) is 2.82. The maximum Gasteiger partial charge on any atom is 0.314 e. The van der Waals surface area contributed by atoms with Gasteiger partial charge >= 0.3 is 6.03 Å². The minimum Gasteiger partial charge on any atom is -0.382 e. The summed E-state index contributed by atoms with van der Waals surface area (Å²) in [5, 5.41) is 3.50. The lowest BCUT2D eigenvalue weighted by Gasteiger charge is -2.24. The molecule has 1 aliphatic rings. The van der Waals surface area contributed by atoms with Crippen LogP contribution in [0.25, 0.3) is 0 Å². The predicted molar refractivity (Wildman–Crippen MR) is 101 cm³/mol. The monoisotopic (exact) mass is 346 g/mol. The molecule has 1 heterocycles. The Labute approximate surface area is 150 Å². The molecule has 0 radical (unpaired) electrons. The van der Waals surface area contributed by atoms with E-state index in [2.05, 4.69) is 26.1 Å². The van der Waals surface area contributed by atoms with Gasteiger partial charge in [0.15, 0.2) is 0 Å². The Morgan fingerprint density at radius 2 is 1.72 bits per heavy atom. The minimum absolute atomic E-state index is 0.0182. The highest BCUT2D eigenvalue weighted by atomic mass is 16.2. The van der Waals surface area contributed by atoms with Crippen LogP contribution < -0.4 is 11.1 Å². The SMILES string of the molecule is Cc1c(NC(C)C(C)C)cccc1C(=O)N1CCCN(C(N)=O)CC1. The fourth-order valence-electron chi connectivity index (χ4n) is 2.95. The Morgan fingerprint density at radius 3 is 2.36 bits per heavy atom. The summed E-state index contributed by atoms with van der Waals surface area (Å²) >= 11 is 0. The highest BCUT2D eigenvalue weighted by molar-refractivity contribution is 5.97. The molecule has 25 heavy (non-hydrogen) atoms. The number of carbonyl (C=O) groups is 2. The van der Waals surface area contributed by atoms with E-state index in [4.69, 9.17) is 5.73 Å². The van der Waals surface area contributed by atoms with Crippen LogP contribution in [-0.4, -0.2) is 54.0 Å². The van der Waals surface area contributed by atoms with Gasteiger partial charge in [-0.05, 0) is 43.9 Å². The lowest BCUT2D eigenvalue weighted by molar-refractivity contribution is 0.0762. The van der Waals surface area contributed by atoms with Crippen molar-refractivity contribution in [3.63, 3.8) is 0 Å². The van der Waals surface area contributed by atoms with Crippen LogP contribution in [0.15, 0.2) is 18.2 Å². The smallest absolute Gasteiger partial charge is 0.314 e. The molecule has 0 aliphatic carbocycles. The fourth-order valence-corrected chi connectivity index (χ4v) is 2.95. The van der Waals surface area contributed by atoms with E-state index < -0.39 is 6.03 Å². The molecule has 2 rings (SSSR count). The van der Waals surface area contributed by atoms with E-state index in [1.54, 1.807) is 4.90 Å². The Bertz CT molecular complexity index is 630. The third-order valence-corrected chi connectivity index (χ3v) is 5.04. The Balaban J connectivity index is 2.15. The van der Waals surface area contributed by atoms with Gasteiger partial charge < -0.3 is 20.9 Å². The van der Waals surface area contributed by atoms with E-state index in [-0.39, 0.29) is 5.91 Å². The van der Waals surface area contributed by atoms with E-state index in [1.165, 1.54) is 0 Å². The van der Waals surface area contributed by atoms with Crippen molar-refractivity contribution >= 4 is 17.6 Å². The van der Waals surface area contributed by atoms with Crippen molar-refractivity contribution < 1.29 is 9.59 Å². The van der Waals surface area contributed by atoms with Gasteiger partial charge in [-0.15, -0.1) is 0 Å². The molecule has 3 amide bonds. The average molecular weight is 346 g/mol. The molecule has 0 spiro atoms. The fraction of sp³-hybridized carbons (Fsp3) is 0.579. The molecule has 0 bridgehead atoms. The third-order valence-electron chi connectivity index (χ3n) is 5.04. The molecule has 1 atom stereocenters. The van der Waals surface area contributed by atoms with Gasteiger partial charge in [-0.2, -0.15) is 0 Å². The lowest BCUT2D eigenvalue weighted by Crippen LogP contribution is -2.39. The molecule has 6 nitrogen and oxygen atoms in total.